The van der Waals surface area contributed by atoms with Gasteiger partial charge in [-0.15, -0.1) is 0 Å². The molecule has 0 spiro atoms. The highest BCUT2D eigenvalue weighted by Crippen LogP contribution is 2.22. The lowest BCUT2D eigenvalue weighted by atomic mass is 10.1. The molecule has 0 aliphatic carbocycles. The fraction of sp³-hybridized carbons (Fsp3) is 0.400. The SMILES string of the molecule is Cc1ccc2ncc(N(C)C3CCNC3)cc2c1. The number of pyridine rings is 1. The maximum absolute atomic E-state index is 4.55. The molecule has 1 saturated heterocycles. The van der Waals surface area contributed by atoms with Crippen molar-refractivity contribution in [3.8, 4) is 0 Å². The Morgan fingerprint density at radius 2 is 2.22 bits per heavy atom. The van der Waals surface area contributed by atoms with Crippen molar-refractivity contribution >= 4 is 16.6 Å². The molecule has 0 radical (unpaired) electrons. The first-order valence-corrected chi connectivity index (χ1v) is 6.54. The van der Waals surface area contributed by atoms with Crippen LogP contribution in [0.15, 0.2) is 30.5 Å². The molecule has 0 bridgehead atoms. The summed E-state index contributed by atoms with van der Waals surface area (Å²) >= 11 is 0. The summed E-state index contributed by atoms with van der Waals surface area (Å²) in [5, 5.41) is 4.63. The summed E-state index contributed by atoms with van der Waals surface area (Å²) in [7, 11) is 2.16. The third-order valence-corrected chi connectivity index (χ3v) is 3.81. The van der Waals surface area contributed by atoms with Crippen LogP contribution >= 0.6 is 0 Å². The Morgan fingerprint density at radius 3 is 3.00 bits per heavy atom. The van der Waals surface area contributed by atoms with E-state index in [1.54, 1.807) is 0 Å². The smallest absolute Gasteiger partial charge is 0.0703 e. The summed E-state index contributed by atoms with van der Waals surface area (Å²) in [4.78, 5) is 6.89. The van der Waals surface area contributed by atoms with Crippen LogP contribution in [0.5, 0.6) is 0 Å². The highest BCUT2D eigenvalue weighted by atomic mass is 15.2. The molecule has 1 N–H and O–H groups in total. The summed E-state index contributed by atoms with van der Waals surface area (Å²) in [5.41, 5.74) is 3.57. The number of nitrogens with zero attached hydrogens (tertiary/aromatic N) is 2. The van der Waals surface area contributed by atoms with E-state index in [0.717, 1.165) is 18.6 Å². The second kappa shape index (κ2) is 4.58. The number of aromatic nitrogens is 1. The zero-order chi connectivity index (χ0) is 12.5. The Kier molecular flexibility index (Phi) is 2.92. The van der Waals surface area contributed by atoms with Gasteiger partial charge in [-0.1, -0.05) is 11.6 Å². The van der Waals surface area contributed by atoms with E-state index in [4.69, 9.17) is 0 Å². The molecule has 3 nitrogen and oxygen atoms in total. The monoisotopic (exact) mass is 241 g/mol. The maximum atomic E-state index is 4.55. The van der Waals surface area contributed by atoms with Crippen molar-refractivity contribution < 1.29 is 0 Å². The van der Waals surface area contributed by atoms with Crippen molar-refractivity contribution in [2.75, 3.05) is 25.0 Å². The fourth-order valence-electron chi connectivity index (χ4n) is 2.61. The fourth-order valence-corrected chi connectivity index (χ4v) is 2.61. The van der Waals surface area contributed by atoms with Gasteiger partial charge >= 0.3 is 0 Å². The number of likely N-dealkylation sites (N-methyl/N-ethyl adjacent to an activating group) is 1. The number of hydrogen-bond donors (Lipinski definition) is 1. The Labute approximate surface area is 108 Å². The van der Waals surface area contributed by atoms with Gasteiger partial charge in [-0.05, 0) is 38.1 Å². The van der Waals surface area contributed by atoms with Gasteiger partial charge < -0.3 is 10.2 Å². The quantitative estimate of drug-likeness (QED) is 0.874. The second-order valence-electron chi connectivity index (χ2n) is 5.15. The highest BCUT2D eigenvalue weighted by molar-refractivity contribution is 5.82. The molecule has 1 aliphatic rings. The van der Waals surface area contributed by atoms with Crippen molar-refractivity contribution in [3.63, 3.8) is 0 Å². The number of benzene rings is 1. The third kappa shape index (κ3) is 2.06. The van der Waals surface area contributed by atoms with Gasteiger partial charge in [0.15, 0.2) is 0 Å². The summed E-state index contributed by atoms with van der Waals surface area (Å²) in [6.45, 7) is 4.31. The molecule has 3 rings (SSSR count). The van der Waals surface area contributed by atoms with E-state index in [2.05, 4.69) is 53.4 Å². The zero-order valence-corrected chi connectivity index (χ0v) is 11.0. The topological polar surface area (TPSA) is 28.2 Å². The van der Waals surface area contributed by atoms with Crippen LogP contribution < -0.4 is 10.2 Å². The molecule has 94 valence electrons. The first kappa shape index (κ1) is 11.5. The number of fused-ring (bicyclic) bond motifs is 1. The minimum atomic E-state index is 0.592. The highest BCUT2D eigenvalue weighted by Gasteiger charge is 2.19. The predicted molar refractivity (Wildman–Crippen MR) is 76.2 cm³/mol. The molecular formula is C15H19N3. The van der Waals surface area contributed by atoms with Gasteiger partial charge in [0.25, 0.3) is 0 Å². The number of nitrogens with one attached hydrogen (secondary N) is 1. The Bertz CT molecular complexity index is 559. The van der Waals surface area contributed by atoms with E-state index in [0.29, 0.717) is 6.04 Å². The first-order chi connectivity index (χ1) is 8.74. The van der Waals surface area contributed by atoms with Crippen molar-refractivity contribution in [1.82, 2.24) is 10.3 Å². The van der Waals surface area contributed by atoms with Gasteiger partial charge in [0.05, 0.1) is 17.4 Å². The van der Waals surface area contributed by atoms with Gasteiger partial charge in [0.1, 0.15) is 0 Å². The van der Waals surface area contributed by atoms with Gasteiger partial charge in [-0.3, -0.25) is 4.98 Å². The molecule has 0 amide bonds. The van der Waals surface area contributed by atoms with E-state index in [1.165, 1.54) is 23.1 Å². The van der Waals surface area contributed by atoms with E-state index in [9.17, 15) is 0 Å². The van der Waals surface area contributed by atoms with Crippen LogP contribution in [0, 0.1) is 6.92 Å². The van der Waals surface area contributed by atoms with Gasteiger partial charge in [-0.25, -0.2) is 0 Å². The molecule has 1 aromatic carbocycles. The molecule has 18 heavy (non-hydrogen) atoms. The molecule has 2 heterocycles. The van der Waals surface area contributed by atoms with Gasteiger partial charge in [0.2, 0.25) is 0 Å². The molecule has 3 heteroatoms. The average Bonchev–Trinajstić information content (AvgIpc) is 2.90. The summed E-state index contributed by atoms with van der Waals surface area (Å²) in [6.07, 6.45) is 3.19. The number of hydrogen-bond acceptors (Lipinski definition) is 3. The molecule has 0 saturated carbocycles. The minimum Gasteiger partial charge on any atom is -0.369 e. The maximum Gasteiger partial charge on any atom is 0.0703 e. The molecule has 1 unspecified atom stereocenters. The Balaban J connectivity index is 1.96. The Morgan fingerprint density at radius 1 is 1.33 bits per heavy atom. The van der Waals surface area contributed by atoms with Crippen LogP contribution in [0.3, 0.4) is 0 Å². The molecule has 2 aromatic rings. The lowest BCUT2D eigenvalue weighted by Crippen LogP contribution is -2.33. The molecule has 1 fully saturated rings. The predicted octanol–water partition coefficient (Wildman–Crippen LogP) is 2.34. The van der Waals surface area contributed by atoms with E-state index >= 15 is 0 Å². The van der Waals surface area contributed by atoms with Crippen molar-refractivity contribution in [2.24, 2.45) is 0 Å². The van der Waals surface area contributed by atoms with Crippen LogP contribution in [0.4, 0.5) is 5.69 Å². The van der Waals surface area contributed by atoms with Gasteiger partial charge in [-0.2, -0.15) is 0 Å². The van der Waals surface area contributed by atoms with Crippen LogP contribution in [0.2, 0.25) is 0 Å². The first-order valence-electron chi connectivity index (χ1n) is 6.54. The normalized spacial score (nSPS) is 19.3. The van der Waals surface area contributed by atoms with E-state index in [-0.39, 0.29) is 0 Å². The van der Waals surface area contributed by atoms with Crippen LogP contribution in [0.25, 0.3) is 10.9 Å². The molecule has 1 aliphatic heterocycles. The summed E-state index contributed by atoms with van der Waals surface area (Å²) in [5.74, 6) is 0. The molecule has 1 aromatic heterocycles. The van der Waals surface area contributed by atoms with Crippen molar-refractivity contribution in [3.05, 3.63) is 36.0 Å². The third-order valence-electron chi connectivity index (χ3n) is 3.81. The standard InChI is InChI=1S/C15H19N3/c1-11-3-4-15-12(7-11)8-14(10-17-15)18(2)13-5-6-16-9-13/h3-4,7-8,10,13,16H,5-6,9H2,1-2H3. The van der Waals surface area contributed by atoms with Gasteiger partial charge in [0, 0.05) is 25.0 Å². The minimum absolute atomic E-state index is 0.592. The zero-order valence-electron chi connectivity index (χ0n) is 11.0. The lowest BCUT2D eigenvalue weighted by molar-refractivity contribution is 0.685. The number of aryl methyl sites for hydroxylation is 1. The number of rotatable bonds is 2. The van der Waals surface area contributed by atoms with Crippen LogP contribution in [-0.2, 0) is 0 Å². The molecular weight excluding hydrogens is 222 g/mol. The van der Waals surface area contributed by atoms with Crippen molar-refractivity contribution in [1.29, 1.82) is 0 Å². The van der Waals surface area contributed by atoms with E-state index in [1.807, 2.05) is 6.20 Å². The van der Waals surface area contributed by atoms with Crippen LogP contribution in [0.1, 0.15) is 12.0 Å². The number of anilines is 1. The molecule has 1 atom stereocenters. The average molecular weight is 241 g/mol. The van der Waals surface area contributed by atoms with E-state index < -0.39 is 0 Å². The van der Waals surface area contributed by atoms with Crippen molar-refractivity contribution in [2.45, 2.75) is 19.4 Å². The summed E-state index contributed by atoms with van der Waals surface area (Å²) < 4.78 is 0. The van der Waals surface area contributed by atoms with Crippen LogP contribution in [-0.4, -0.2) is 31.2 Å². The lowest BCUT2D eigenvalue weighted by Gasteiger charge is -2.25. The second-order valence-corrected chi connectivity index (χ2v) is 5.15. The largest absolute Gasteiger partial charge is 0.369 e. The summed E-state index contributed by atoms with van der Waals surface area (Å²) in [6, 6.07) is 9.24. The Hall–Kier alpha value is -1.61.